The number of aliphatic hydroxyl groups is 1. The highest BCUT2D eigenvalue weighted by Crippen LogP contribution is 2.21. The molecule has 0 spiro atoms. The summed E-state index contributed by atoms with van der Waals surface area (Å²) in [5, 5.41) is 14.2. The lowest BCUT2D eigenvalue weighted by molar-refractivity contribution is 0.267. The van der Waals surface area contributed by atoms with E-state index in [4.69, 9.17) is 5.11 Å². The second kappa shape index (κ2) is 5.30. The highest BCUT2D eigenvalue weighted by atomic mass is 32.1. The molecular formula is C9H15NOS. The Morgan fingerprint density at radius 3 is 3.00 bits per heavy atom. The van der Waals surface area contributed by atoms with Crippen molar-refractivity contribution in [3.05, 3.63) is 22.4 Å². The molecule has 0 aliphatic rings. The molecule has 0 bridgehead atoms. The zero-order chi connectivity index (χ0) is 8.81. The number of hydrogen-bond acceptors (Lipinski definition) is 3. The van der Waals surface area contributed by atoms with E-state index in [1.54, 1.807) is 11.3 Å². The third kappa shape index (κ3) is 2.59. The molecule has 0 aromatic carbocycles. The molecule has 1 unspecified atom stereocenters. The lowest BCUT2D eigenvalue weighted by atomic mass is 10.2. The van der Waals surface area contributed by atoms with Gasteiger partial charge in [-0.3, -0.25) is 0 Å². The molecule has 2 N–H and O–H groups in total. The van der Waals surface area contributed by atoms with Crippen LogP contribution in [0.25, 0.3) is 0 Å². The fraction of sp³-hybridized carbons (Fsp3) is 0.556. The van der Waals surface area contributed by atoms with Crippen molar-refractivity contribution in [2.75, 3.05) is 13.2 Å². The van der Waals surface area contributed by atoms with Gasteiger partial charge in [-0.05, 0) is 24.4 Å². The number of hydrogen-bond donors (Lipinski definition) is 2. The fourth-order valence-electron chi connectivity index (χ4n) is 1.21. The molecule has 0 radical (unpaired) electrons. The Hall–Kier alpha value is -0.380. The van der Waals surface area contributed by atoms with Crippen molar-refractivity contribution in [2.45, 2.75) is 19.4 Å². The lowest BCUT2D eigenvalue weighted by Gasteiger charge is -2.14. The van der Waals surface area contributed by atoms with Gasteiger partial charge in [0, 0.05) is 17.5 Å². The van der Waals surface area contributed by atoms with E-state index in [-0.39, 0.29) is 6.61 Å². The maximum absolute atomic E-state index is 8.83. The molecule has 1 heterocycles. The van der Waals surface area contributed by atoms with Crippen LogP contribution in [0.4, 0.5) is 0 Å². The van der Waals surface area contributed by atoms with Crippen molar-refractivity contribution in [2.24, 2.45) is 0 Å². The second-order valence-corrected chi connectivity index (χ2v) is 3.62. The zero-order valence-electron chi connectivity index (χ0n) is 7.29. The number of nitrogens with one attached hydrogen (secondary N) is 1. The summed E-state index contributed by atoms with van der Waals surface area (Å²) in [6.07, 6.45) is 0.800. The van der Waals surface area contributed by atoms with Crippen LogP contribution >= 0.6 is 11.3 Å². The fourth-order valence-corrected chi connectivity index (χ4v) is 2.05. The third-order valence-electron chi connectivity index (χ3n) is 1.75. The number of rotatable bonds is 5. The molecule has 0 aliphatic heterocycles. The van der Waals surface area contributed by atoms with E-state index < -0.39 is 0 Å². The Kier molecular flexibility index (Phi) is 4.29. The summed E-state index contributed by atoms with van der Waals surface area (Å²) in [6.45, 7) is 3.27. The third-order valence-corrected chi connectivity index (χ3v) is 2.74. The van der Waals surface area contributed by atoms with Crippen LogP contribution in [-0.4, -0.2) is 18.3 Å². The molecule has 1 rings (SSSR count). The van der Waals surface area contributed by atoms with E-state index in [1.807, 2.05) is 6.07 Å². The van der Waals surface area contributed by atoms with E-state index in [0.717, 1.165) is 13.0 Å². The normalized spacial score (nSPS) is 13.2. The first kappa shape index (κ1) is 9.71. The smallest absolute Gasteiger partial charge is 0.0449 e. The number of thiophene rings is 1. The quantitative estimate of drug-likeness (QED) is 0.733. The van der Waals surface area contributed by atoms with Gasteiger partial charge in [-0.15, -0.1) is 11.3 Å². The van der Waals surface area contributed by atoms with Crippen molar-refractivity contribution in [1.82, 2.24) is 5.32 Å². The van der Waals surface area contributed by atoms with Crippen LogP contribution in [-0.2, 0) is 0 Å². The van der Waals surface area contributed by atoms with Crippen LogP contribution in [0.2, 0.25) is 0 Å². The van der Waals surface area contributed by atoms with Crippen LogP contribution in [0, 0.1) is 0 Å². The van der Waals surface area contributed by atoms with E-state index in [2.05, 4.69) is 23.7 Å². The largest absolute Gasteiger partial charge is 0.396 e. The van der Waals surface area contributed by atoms with Crippen LogP contribution in [0.3, 0.4) is 0 Å². The maximum atomic E-state index is 8.83. The molecule has 0 amide bonds. The van der Waals surface area contributed by atoms with Gasteiger partial charge in [0.05, 0.1) is 0 Å². The Balaban J connectivity index is 2.53. The molecule has 0 saturated carbocycles. The predicted molar refractivity (Wildman–Crippen MR) is 52.4 cm³/mol. The molecule has 1 atom stereocenters. The van der Waals surface area contributed by atoms with E-state index in [9.17, 15) is 0 Å². The van der Waals surface area contributed by atoms with Gasteiger partial charge in [0.25, 0.3) is 0 Å². The minimum absolute atomic E-state index is 0.246. The van der Waals surface area contributed by atoms with Crippen molar-refractivity contribution < 1.29 is 5.11 Å². The topological polar surface area (TPSA) is 32.3 Å². The molecule has 0 saturated heterocycles. The first-order valence-electron chi connectivity index (χ1n) is 4.26. The molecule has 0 fully saturated rings. The predicted octanol–water partition coefficient (Wildman–Crippen LogP) is 1.78. The van der Waals surface area contributed by atoms with Gasteiger partial charge in [0.15, 0.2) is 0 Å². The maximum Gasteiger partial charge on any atom is 0.0449 e. The monoisotopic (exact) mass is 185 g/mol. The van der Waals surface area contributed by atoms with E-state index in [1.165, 1.54) is 4.88 Å². The van der Waals surface area contributed by atoms with Crippen LogP contribution < -0.4 is 5.32 Å². The van der Waals surface area contributed by atoms with Crippen molar-refractivity contribution in [1.29, 1.82) is 0 Å². The summed E-state index contributed by atoms with van der Waals surface area (Å²) in [5.74, 6) is 0. The van der Waals surface area contributed by atoms with E-state index >= 15 is 0 Å². The SMILES string of the molecule is CCNC(CCO)c1cccs1. The minimum Gasteiger partial charge on any atom is -0.396 e. The summed E-state index contributed by atoms with van der Waals surface area (Å²) in [5.41, 5.74) is 0. The Morgan fingerprint density at radius 1 is 1.67 bits per heavy atom. The highest BCUT2D eigenvalue weighted by molar-refractivity contribution is 7.10. The standard InChI is InChI=1S/C9H15NOS/c1-2-10-8(5-6-11)9-4-3-7-12-9/h3-4,7-8,10-11H,2,5-6H2,1H3. The Labute approximate surface area is 77.2 Å². The average molecular weight is 185 g/mol. The average Bonchev–Trinajstić information content (AvgIpc) is 2.56. The molecule has 68 valence electrons. The summed E-state index contributed by atoms with van der Waals surface area (Å²) in [6, 6.07) is 4.48. The van der Waals surface area contributed by atoms with Crippen LogP contribution in [0.5, 0.6) is 0 Å². The first-order valence-corrected chi connectivity index (χ1v) is 5.14. The van der Waals surface area contributed by atoms with Crippen molar-refractivity contribution in [3.63, 3.8) is 0 Å². The van der Waals surface area contributed by atoms with Gasteiger partial charge in [-0.25, -0.2) is 0 Å². The molecule has 3 heteroatoms. The van der Waals surface area contributed by atoms with Gasteiger partial charge < -0.3 is 10.4 Å². The van der Waals surface area contributed by atoms with Gasteiger partial charge in [-0.1, -0.05) is 13.0 Å². The number of aliphatic hydroxyl groups excluding tert-OH is 1. The van der Waals surface area contributed by atoms with Crippen LogP contribution in [0.1, 0.15) is 24.3 Å². The van der Waals surface area contributed by atoms with Crippen molar-refractivity contribution in [3.8, 4) is 0 Å². The zero-order valence-corrected chi connectivity index (χ0v) is 8.10. The molecule has 2 nitrogen and oxygen atoms in total. The van der Waals surface area contributed by atoms with Gasteiger partial charge >= 0.3 is 0 Å². The summed E-state index contributed by atoms with van der Waals surface area (Å²) in [7, 11) is 0. The lowest BCUT2D eigenvalue weighted by Crippen LogP contribution is -2.20. The van der Waals surface area contributed by atoms with E-state index in [0.29, 0.717) is 6.04 Å². The molecule has 0 aliphatic carbocycles. The Bertz CT molecular complexity index is 192. The first-order chi connectivity index (χ1) is 5.88. The van der Waals surface area contributed by atoms with Gasteiger partial charge in [0.1, 0.15) is 0 Å². The molecule has 12 heavy (non-hydrogen) atoms. The van der Waals surface area contributed by atoms with Gasteiger partial charge in [0.2, 0.25) is 0 Å². The summed E-state index contributed by atoms with van der Waals surface area (Å²) >= 11 is 1.74. The van der Waals surface area contributed by atoms with Gasteiger partial charge in [-0.2, -0.15) is 0 Å². The molecular weight excluding hydrogens is 170 g/mol. The highest BCUT2D eigenvalue weighted by Gasteiger charge is 2.09. The van der Waals surface area contributed by atoms with Crippen LogP contribution in [0.15, 0.2) is 17.5 Å². The van der Waals surface area contributed by atoms with Crippen molar-refractivity contribution >= 4 is 11.3 Å². The summed E-state index contributed by atoms with van der Waals surface area (Å²) < 4.78 is 0. The second-order valence-electron chi connectivity index (χ2n) is 2.64. The molecule has 1 aromatic rings. The minimum atomic E-state index is 0.246. The summed E-state index contributed by atoms with van der Waals surface area (Å²) in [4.78, 5) is 1.31. The molecule has 1 aromatic heterocycles. The Morgan fingerprint density at radius 2 is 2.50 bits per heavy atom.